The Balaban J connectivity index is 2.47. The van der Waals surface area contributed by atoms with Crippen molar-refractivity contribution in [2.24, 2.45) is 0 Å². The van der Waals surface area contributed by atoms with E-state index in [0.717, 1.165) is 17.4 Å². The highest BCUT2D eigenvalue weighted by atomic mass is 79.9. The van der Waals surface area contributed by atoms with E-state index in [9.17, 15) is 0 Å². The molecule has 0 bridgehead atoms. The molecule has 1 atom stereocenters. The average molecular weight is 333 g/mol. The van der Waals surface area contributed by atoms with Crippen LogP contribution < -0.4 is 5.32 Å². The Hall–Kier alpha value is -1.19. The maximum absolute atomic E-state index is 4.30. The number of halogens is 1. The van der Waals surface area contributed by atoms with Crippen LogP contribution in [-0.2, 0) is 0 Å². The van der Waals surface area contributed by atoms with Crippen molar-refractivity contribution in [3.8, 4) is 0 Å². The second-order valence-corrected chi connectivity index (χ2v) is 6.00. The predicted molar refractivity (Wildman–Crippen MR) is 88.0 cm³/mol. The third-order valence-electron chi connectivity index (χ3n) is 3.45. The lowest BCUT2D eigenvalue weighted by Gasteiger charge is -2.22. The van der Waals surface area contributed by atoms with Crippen LogP contribution in [0.1, 0.15) is 41.6 Å². The van der Waals surface area contributed by atoms with Gasteiger partial charge >= 0.3 is 0 Å². The first-order valence-electron chi connectivity index (χ1n) is 7.03. The van der Waals surface area contributed by atoms with Gasteiger partial charge in [-0.1, -0.05) is 40.5 Å². The summed E-state index contributed by atoms with van der Waals surface area (Å²) in [4.78, 5) is 4.30. The molecule has 2 aromatic rings. The molecule has 3 heteroatoms. The molecule has 2 rings (SSSR count). The van der Waals surface area contributed by atoms with Crippen molar-refractivity contribution in [3.05, 3.63) is 63.4 Å². The molecule has 0 saturated carbocycles. The van der Waals surface area contributed by atoms with Gasteiger partial charge < -0.3 is 5.32 Å². The van der Waals surface area contributed by atoms with Crippen LogP contribution in [0.15, 0.2) is 41.1 Å². The van der Waals surface area contributed by atoms with Gasteiger partial charge in [0.25, 0.3) is 0 Å². The summed E-state index contributed by atoms with van der Waals surface area (Å²) in [5.74, 6) is 0. The van der Waals surface area contributed by atoms with E-state index in [1.165, 1.54) is 22.3 Å². The Labute approximate surface area is 129 Å². The summed E-state index contributed by atoms with van der Waals surface area (Å²) in [5.41, 5.74) is 5.05. The quantitative estimate of drug-likeness (QED) is 0.868. The Kier molecular flexibility index (Phi) is 5.32. The number of nitrogens with zero attached hydrogens (tertiary/aromatic N) is 1. The minimum absolute atomic E-state index is 0.179. The number of pyridine rings is 1. The van der Waals surface area contributed by atoms with Crippen molar-refractivity contribution in [1.29, 1.82) is 0 Å². The van der Waals surface area contributed by atoms with Gasteiger partial charge in [-0.05, 0) is 55.6 Å². The van der Waals surface area contributed by atoms with Crippen LogP contribution >= 0.6 is 15.9 Å². The van der Waals surface area contributed by atoms with E-state index in [-0.39, 0.29) is 6.04 Å². The normalized spacial score (nSPS) is 12.4. The fourth-order valence-corrected chi connectivity index (χ4v) is 2.81. The lowest BCUT2D eigenvalue weighted by atomic mass is 9.95. The lowest BCUT2D eigenvalue weighted by molar-refractivity contribution is 0.592. The molecule has 0 amide bonds. The zero-order chi connectivity index (χ0) is 14.5. The van der Waals surface area contributed by atoms with E-state index in [1.54, 1.807) is 0 Å². The number of aryl methyl sites for hydroxylation is 2. The standard InChI is InChI=1S/C17H21BrN2/c1-4-8-20-17(15-11-19-9-7-13(15)3)14-10-12(2)5-6-16(14)18/h5-7,9-11,17,20H,4,8H2,1-3H3. The molecule has 0 radical (unpaired) electrons. The number of hydrogen-bond donors (Lipinski definition) is 1. The zero-order valence-corrected chi connectivity index (χ0v) is 13.9. The van der Waals surface area contributed by atoms with Gasteiger partial charge in [-0.25, -0.2) is 0 Å². The van der Waals surface area contributed by atoms with Gasteiger partial charge in [-0.2, -0.15) is 0 Å². The minimum atomic E-state index is 0.179. The summed E-state index contributed by atoms with van der Waals surface area (Å²) in [6, 6.07) is 8.74. The van der Waals surface area contributed by atoms with Gasteiger partial charge in [0.1, 0.15) is 0 Å². The molecular weight excluding hydrogens is 312 g/mol. The Morgan fingerprint density at radius 1 is 1.20 bits per heavy atom. The molecule has 1 N–H and O–H groups in total. The first-order valence-corrected chi connectivity index (χ1v) is 7.82. The van der Waals surface area contributed by atoms with Gasteiger partial charge in [0.05, 0.1) is 6.04 Å². The van der Waals surface area contributed by atoms with Crippen LogP contribution in [0.25, 0.3) is 0 Å². The summed E-state index contributed by atoms with van der Waals surface area (Å²) < 4.78 is 1.14. The Morgan fingerprint density at radius 2 is 2.00 bits per heavy atom. The van der Waals surface area contributed by atoms with Crippen molar-refractivity contribution in [3.63, 3.8) is 0 Å². The second-order valence-electron chi connectivity index (χ2n) is 5.14. The topological polar surface area (TPSA) is 24.9 Å². The maximum Gasteiger partial charge on any atom is 0.0605 e. The molecule has 0 spiro atoms. The predicted octanol–water partition coefficient (Wildman–Crippen LogP) is 4.55. The third kappa shape index (κ3) is 3.47. The smallest absolute Gasteiger partial charge is 0.0605 e. The van der Waals surface area contributed by atoms with Crippen LogP contribution in [0.4, 0.5) is 0 Å². The number of benzene rings is 1. The molecular formula is C17H21BrN2. The molecule has 0 fully saturated rings. The number of hydrogen-bond acceptors (Lipinski definition) is 2. The summed E-state index contributed by atoms with van der Waals surface area (Å²) in [5, 5.41) is 3.64. The highest BCUT2D eigenvalue weighted by Crippen LogP contribution is 2.30. The van der Waals surface area contributed by atoms with Crippen molar-refractivity contribution in [2.75, 3.05) is 6.54 Å². The van der Waals surface area contributed by atoms with E-state index >= 15 is 0 Å². The van der Waals surface area contributed by atoms with Crippen LogP contribution in [0, 0.1) is 13.8 Å². The van der Waals surface area contributed by atoms with E-state index in [0.29, 0.717) is 0 Å². The highest BCUT2D eigenvalue weighted by Gasteiger charge is 2.18. The first-order chi connectivity index (χ1) is 9.63. The van der Waals surface area contributed by atoms with Gasteiger partial charge in [-0.3, -0.25) is 4.98 Å². The Morgan fingerprint density at radius 3 is 2.70 bits per heavy atom. The zero-order valence-electron chi connectivity index (χ0n) is 12.3. The highest BCUT2D eigenvalue weighted by molar-refractivity contribution is 9.10. The van der Waals surface area contributed by atoms with Crippen LogP contribution in [0.2, 0.25) is 0 Å². The van der Waals surface area contributed by atoms with Crippen LogP contribution in [-0.4, -0.2) is 11.5 Å². The van der Waals surface area contributed by atoms with Crippen molar-refractivity contribution in [2.45, 2.75) is 33.2 Å². The monoisotopic (exact) mass is 332 g/mol. The third-order valence-corrected chi connectivity index (χ3v) is 4.17. The second kappa shape index (κ2) is 7.00. The fraction of sp³-hybridized carbons (Fsp3) is 0.353. The van der Waals surface area contributed by atoms with Crippen molar-refractivity contribution < 1.29 is 0 Å². The number of nitrogens with one attached hydrogen (secondary N) is 1. The molecule has 0 saturated heterocycles. The summed E-state index contributed by atoms with van der Waals surface area (Å²) >= 11 is 3.68. The molecule has 2 nitrogen and oxygen atoms in total. The van der Waals surface area contributed by atoms with E-state index in [4.69, 9.17) is 0 Å². The first kappa shape index (κ1) is 15.2. The van der Waals surface area contributed by atoms with Crippen LogP contribution in [0.5, 0.6) is 0 Å². The number of aromatic nitrogens is 1. The Bertz CT molecular complexity index is 581. The van der Waals surface area contributed by atoms with E-state index < -0.39 is 0 Å². The average Bonchev–Trinajstić information content (AvgIpc) is 2.44. The molecule has 0 aliphatic carbocycles. The van der Waals surface area contributed by atoms with Gasteiger partial charge in [0.15, 0.2) is 0 Å². The van der Waals surface area contributed by atoms with E-state index in [2.05, 4.69) is 71.3 Å². The van der Waals surface area contributed by atoms with Gasteiger partial charge in [0.2, 0.25) is 0 Å². The molecule has 1 unspecified atom stereocenters. The summed E-state index contributed by atoms with van der Waals surface area (Å²) in [7, 11) is 0. The fourth-order valence-electron chi connectivity index (χ4n) is 2.34. The molecule has 1 heterocycles. The maximum atomic E-state index is 4.30. The molecule has 0 aliphatic heterocycles. The molecule has 1 aromatic carbocycles. The van der Waals surface area contributed by atoms with E-state index in [1.807, 2.05) is 12.4 Å². The molecule has 20 heavy (non-hydrogen) atoms. The molecule has 106 valence electrons. The number of rotatable bonds is 5. The molecule has 1 aromatic heterocycles. The van der Waals surface area contributed by atoms with Crippen LogP contribution in [0.3, 0.4) is 0 Å². The molecule has 0 aliphatic rings. The summed E-state index contributed by atoms with van der Waals surface area (Å²) in [6.07, 6.45) is 4.93. The largest absolute Gasteiger partial charge is 0.306 e. The summed E-state index contributed by atoms with van der Waals surface area (Å²) in [6.45, 7) is 7.44. The van der Waals surface area contributed by atoms with Gasteiger partial charge in [0, 0.05) is 16.9 Å². The van der Waals surface area contributed by atoms with Crippen molar-refractivity contribution >= 4 is 15.9 Å². The minimum Gasteiger partial charge on any atom is -0.306 e. The van der Waals surface area contributed by atoms with Crippen molar-refractivity contribution in [1.82, 2.24) is 10.3 Å². The lowest BCUT2D eigenvalue weighted by Crippen LogP contribution is -2.24. The van der Waals surface area contributed by atoms with Gasteiger partial charge in [-0.15, -0.1) is 0 Å². The SMILES string of the molecule is CCCNC(c1cnccc1C)c1cc(C)ccc1Br.